The largest absolute Gasteiger partial charge is 0.296 e. The van der Waals surface area contributed by atoms with Crippen LogP contribution in [0.15, 0.2) is 30.6 Å². The van der Waals surface area contributed by atoms with Crippen molar-refractivity contribution >= 4 is 22.4 Å². The van der Waals surface area contributed by atoms with E-state index in [2.05, 4.69) is 38.0 Å². The molecule has 1 amide bonds. The number of aryl methyl sites for hydroxylation is 1. The second-order valence-corrected chi connectivity index (χ2v) is 7.34. The van der Waals surface area contributed by atoms with Crippen molar-refractivity contribution in [3.8, 4) is 5.69 Å². The molecule has 0 aliphatic carbocycles. The number of benzene rings is 1. The Kier molecular flexibility index (Phi) is 6.97. The SMILES string of the molecule is CCCCCCCCc1nnc(NC(=O)c2cccc(-n3cnnn3)c2)s1. The third-order valence-corrected chi connectivity index (χ3v) is 5.05. The van der Waals surface area contributed by atoms with E-state index in [1.165, 1.54) is 54.5 Å². The van der Waals surface area contributed by atoms with Crippen LogP contribution in [0.4, 0.5) is 5.13 Å². The maximum atomic E-state index is 12.5. The van der Waals surface area contributed by atoms with Crippen LogP contribution in [-0.4, -0.2) is 36.3 Å². The standard InChI is InChI=1S/C18H23N7OS/c1-2-3-4-5-6-7-11-16-21-22-18(27-16)20-17(26)14-9-8-10-15(12-14)25-13-19-23-24-25/h8-10,12-13H,2-7,11H2,1H3,(H,20,22,26). The summed E-state index contributed by atoms with van der Waals surface area (Å²) in [5, 5.41) is 23.6. The fourth-order valence-electron chi connectivity index (χ4n) is 2.70. The van der Waals surface area contributed by atoms with Gasteiger partial charge in [-0.15, -0.1) is 15.3 Å². The first-order valence-electron chi connectivity index (χ1n) is 9.23. The number of nitrogens with zero attached hydrogens (tertiary/aromatic N) is 6. The first-order chi connectivity index (χ1) is 13.3. The molecule has 3 aromatic rings. The summed E-state index contributed by atoms with van der Waals surface area (Å²) in [7, 11) is 0. The number of rotatable bonds is 10. The van der Waals surface area contributed by atoms with Crippen LogP contribution in [-0.2, 0) is 6.42 Å². The van der Waals surface area contributed by atoms with E-state index in [1.807, 2.05) is 6.07 Å². The molecule has 0 saturated carbocycles. The summed E-state index contributed by atoms with van der Waals surface area (Å²) >= 11 is 1.43. The van der Waals surface area contributed by atoms with Crippen molar-refractivity contribution < 1.29 is 4.79 Å². The smallest absolute Gasteiger partial charge is 0.257 e. The summed E-state index contributed by atoms with van der Waals surface area (Å²) in [5.41, 5.74) is 1.23. The van der Waals surface area contributed by atoms with Crippen molar-refractivity contribution in [3.05, 3.63) is 41.2 Å². The lowest BCUT2D eigenvalue weighted by Gasteiger charge is -2.04. The van der Waals surface area contributed by atoms with Crippen LogP contribution >= 0.6 is 11.3 Å². The number of aromatic nitrogens is 6. The van der Waals surface area contributed by atoms with Crippen LogP contribution < -0.4 is 5.32 Å². The average Bonchev–Trinajstić information content (AvgIpc) is 3.37. The van der Waals surface area contributed by atoms with Crippen molar-refractivity contribution in [2.75, 3.05) is 5.32 Å². The highest BCUT2D eigenvalue weighted by Gasteiger charge is 2.11. The summed E-state index contributed by atoms with van der Waals surface area (Å²) in [4.78, 5) is 12.5. The van der Waals surface area contributed by atoms with E-state index in [0.717, 1.165) is 17.8 Å². The number of amides is 1. The van der Waals surface area contributed by atoms with E-state index in [9.17, 15) is 4.79 Å². The van der Waals surface area contributed by atoms with E-state index >= 15 is 0 Å². The van der Waals surface area contributed by atoms with Gasteiger partial charge in [-0.2, -0.15) is 0 Å². The normalized spacial score (nSPS) is 10.9. The molecule has 142 valence electrons. The van der Waals surface area contributed by atoms with E-state index in [-0.39, 0.29) is 5.91 Å². The molecule has 0 bridgehead atoms. The van der Waals surface area contributed by atoms with Crippen LogP contribution in [0, 0.1) is 0 Å². The van der Waals surface area contributed by atoms with E-state index < -0.39 is 0 Å². The maximum Gasteiger partial charge on any atom is 0.257 e. The number of nitrogens with one attached hydrogen (secondary N) is 1. The summed E-state index contributed by atoms with van der Waals surface area (Å²) in [6, 6.07) is 7.08. The maximum absolute atomic E-state index is 12.5. The molecule has 1 N–H and O–H groups in total. The number of carbonyl (C=O) groups excluding carboxylic acids is 1. The molecule has 27 heavy (non-hydrogen) atoms. The molecule has 2 aromatic heterocycles. The molecule has 2 heterocycles. The molecular weight excluding hydrogens is 362 g/mol. The zero-order valence-electron chi connectivity index (χ0n) is 15.3. The summed E-state index contributed by atoms with van der Waals surface area (Å²) in [5.74, 6) is -0.229. The monoisotopic (exact) mass is 385 g/mol. The van der Waals surface area contributed by atoms with E-state index in [4.69, 9.17) is 0 Å². The predicted octanol–water partition coefficient (Wildman–Crippen LogP) is 3.67. The lowest BCUT2D eigenvalue weighted by Crippen LogP contribution is -2.12. The second-order valence-electron chi connectivity index (χ2n) is 6.28. The Labute approximate surface area is 162 Å². The fourth-order valence-corrected chi connectivity index (χ4v) is 3.48. The minimum absolute atomic E-state index is 0.229. The highest BCUT2D eigenvalue weighted by atomic mass is 32.1. The van der Waals surface area contributed by atoms with Gasteiger partial charge in [0.25, 0.3) is 5.91 Å². The summed E-state index contributed by atoms with van der Waals surface area (Å²) in [6.07, 6.45) is 9.86. The van der Waals surface area contributed by atoms with Crippen LogP contribution in [0.25, 0.3) is 5.69 Å². The number of hydrogen-bond acceptors (Lipinski definition) is 7. The average molecular weight is 385 g/mol. The second kappa shape index (κ2) is 9.86. The first kappa shape index (κ1) is 19.1. The minimum atomic E-state index is -0.229. The van der Waals surface area contributed by atoms with Crippen molar-refractivity contribution in [1.29, 1.82) is 0 Å². The third kappa shape index (κ3) is 5.65. The van der Waals surface area contributed by atoms with Gasteiger partial charge in [0.05, 0.1) is 5.69 Å². The number of hydrogen-bond donors (Lipinski definition) is 1. The summed E-state index contributed by atoms with van der Waals surface area (Å²) < 4.78 is 1.50. The fraction of sp³-hybridized carbons (Fsp3) is 0.444. The van der Waals surface area contributed by atoms with Crippen molar-refractivity contribution in [1.82, 2.24) is 30.4 Å². The quantitative estimate of drug-likeness (QED) is 0.535. The number of tetrazole rings is 1. The van der Waals surface area contributed by atoms with Crippen LogP contribution in [0.1, 0.15) is 60.8 Å². The molecule has 0 aliphatic heterocycles. The topological polar surface area (TPSA) is 98.5 Å². The Hall–Kier alpha value is -2.68. The highest BCUT2D eigenvalue weighted by molar-refractivity contribution is 7.15. The van der Waals surface area contributed by atoms with Crippen molar-refractivity contribution in [2.24, 2.45) is 0 Å². The number of unbranched alkanes of at least 4 members (excludes halogenated alkanes) is 5. The van der Waals surface area contributed by atoms with Crippen LogP contribution in [0.5, 0.6) is 0 Å². The molecule has 0 saturated heterocycles. The lowest BCUT2D eigenvalue weighted by molar-refractivity contribution is 0.102. The predicted molar refractivity (Wildman–Crippen MR) is 104 cm³/mol. The Morgan fingerprint density at radius 3 is 2.81 bits per heavy atom. The Morgan fingerprint density at radius 2 is 2.00 bits per heavy atom. The van der Waals surface area contributed by atoms with Gasteiger partial charge >= 0.3 is 0 Å². The number of carbonyl (C=O) groups is 1. The molecule has 0 fully saturated rings. The molecule has 0 spiro atoms. The van der Waals surface area contributed by atoms with Gasteiger partial charge in [0.2, 0.25) is 5.13 Å². The van der Waals surface area contributed by atoms with Gasteiger partial charge in [-0.1, -0.05) is 56.4 Å². The highest BCUT2D eigenvalue weighted by Crippen LogP contribution is 2.19. The van der Waals surface area contributed by atoms with Gasteiger partial charge in [-0.3, -0.25) is 10.1 Å². The van der Waals surface area contributed by atoms with Gasteiger partial charge < -0.3 is 0 Å². The molecule has 1 aromatic carbocycles. The molecule has 0 unspecified atom stereocenters. The Bertz CT molecular complexity index is 847. The first-order valence-corrected chi connectivity index (χ1v) is 10.0. The number of anilines is 1. The van der Waals surface area contributed by atoms with Crippen molar-refractivity contribution in [3.63, 3.8) is 0 Å². The van der Waals surface area contributed by atoms with Gasteiger partial charge in [-0.25, -0.2) is 4.68 Å². The molecule has 8 nitrogen and oxygen atoms in total. The van der Waals surface area contributed by atoms with E-state index in [0.29, 0.717) is 16.4 Å². The zero-order valence-corrected chi connectivity index (χ0v) is 16.2. The molecule has 3 rings (SSSR count). The van der Waals surface area contributed by atoms with Crippen molar-refractivity contribution in [2.45, 2.75) is 51.9 Å². The van der Waals surface area contributed by atoms with Gasteiger partial charge in [0.15, 0.2) is 0 Å². The Balaban J connectivity index is 1.51. The van der Waals surface area contributed by atoms with Gasteiger partial charge in [-0.05, 0) is 35.0 Å². The van der Waals surface area contributed by atoms with Gasteiger partial charge in [0, 0.05) is 12.0 Å². The zero-order chi connectivity index (χ0) is 18.9. The molecule has 0 aliphatic rings. The third-order valence-electron chi connectivity index (χ3n) is 4.15. The van der Waals surface area contributed by atoms with Crippen LogP contribution in [0.3, 0.4) is 0 Å². The van der Waals surface area contributed by atoms with E-state index in [1.54, 1.807) is 18.2 Å². The minimum Gasteiger partial charge on any atom is -0.296 e. The molecular formula is C18H23N7OS. The molecule has 0 atom stereocenters. The molecule has 9 heteroatoms. The lowest BCUT2D eigenvalue weighted by atomic mass is 10.1. The molecule has 0 radical (unpaired) electrons. The summed E-state index contributed by atoms with van der Waals surface area (Å²) in [6.45, 7) is 2.22. The van der Waals surface area contributed by atoms with Crippen LogP contribution in [0.2, 0.25) is 0 Å². The van der Waals surface area contributed by atoms with Gasteiger partial charge in [0.1, 0.15) is 11.3 Å². The Morgan fingerprint density at radius 1 is 1.15 bits per heavy atom.